The molecular formula is C21H43NO2. The fourth-order valence-corrected chi connectivity index (χ4v) is 3.03. The van der Waals surface area contributed by atoms with Crippen molar-refractivity contribution in [2.24, 2.45) is 0 Å². The first kappa shape index (κ1) is 23.4. The minimum Gasteiger partial charge on any atom is -0.384 e. The molecule has 144 valence electrons. The Bertz CT molecular complexity index is 267. The lowest BCUT2D eigenvalue weighted by molar-refractivity contribution is -0.128. The van der Waals surface area contributed by atoms with E-state index in [-0.39, 0.29) is 5.91 Å². The number of aliphatic hydroxyl groups excluding tert-OH is 1. The van der Waals surface area contributed by atoms with Crippen molar-refractivity contribution in [1.29, 1.82) is 0 Å². The quantitative estimate of drug-likeness (QED) is 0.312. The van der Waals surface area contributed by atoms with E-state index in [2.05, 4.69) is 12.2 Å². The number of aliphatic hydroxyl groups is 1. The zero-order chi connectivity index (χ0) is 17.9. The van der Waals surface area contributed by atoms with Gasteiger partial charge in [-0.3, -0.25) is 4.79 Å². The van der Waals surface area contributed by atoms with E-state index >= 15 is 0 Å². The van der Waals surface area contributed by atoms with Crippen molar-refractivity contribution < 1.29 is 9.90 Å². The topological polar surface area (TPSA) is 49.3 Å². The first-order chi connectivity index (χ1) is 11.7. The lowest BCUT2D eigenvalue weighted by Gasteiger charge is -2.06. The Kier molecular flexibility index (Phi) is 18.3. The van der Waals surface area contributed by atoms with Crippen LogP contribution in [0.3, 0.4) is 0 Å². The van der Waals surface area contributed by atoms with Crippen LogP contribution in [0, 0.1) is 0 Å². The fourth-order valence-electron chi connectivity index (χ4n) is 3.03. The third-order valence-corrected chi connectivity index (χ3v) is 4.71. The third kappa shape index (κ3) is 17.8. The molecule has 24 heavy (non-hydrogen) atoms. The van der Waals surface area contributed by atoms with Crippen LogP contribution in [-0.4, -0.2) is 23.7 Å². The molecule has 0 aliphatic heterocycles. The molecule has 0 saturated heterocycles. The largest absolute Gasteiger partial charge is 0.384 e. The summed E-state index contributed by atoms with van der Waals surface area (Å²) in [4.78, 5) is 11.1. The van der Waals surface area contributed by atoms with E-state index < -0.39 is 6.10 Å². The molecule has 1 atom stereocenters. The molecule has 0 rings (SSSR count). The van der Waals surface area contributed by atoms with Crippen LogP contribution >= 0.6 is 0 Å². The molecule has 0 aliphatic carbocycles. The smallest absolute Gasteiger partial charge is 0.248 e. The Balaban J connectivity index is 3.04. The second-order valence-corrected chi connectivity index (χ2v) is 7.27. The lowest BCUT2D eigenvalue weighted by Crippen LogP contribution is -2.33. The molecule has 3 heteroatoms. The van der Waals surface area contributed by atoms with Crippen LogP contribution in [0.15, 0.2) is 0 Å². The molecule has 0 aromatic heterocycles. The molecule has 0 unspecified atom stereocenters. The number of hydrogen-bond acceptors (Lipinski definition) is 2. The molecule has 2 N–H and O–H groups in total. The first-order valence-electron chi connectivity index (χ1n) is 10.6. The molecule has 1 amide bonds. The summed E-state index contributed by atoms with van der Waals surface area (Å²) < 4.78 is 0. The number of carbonyl (C=O) groups excluding carboxylic acids is 1. The van der Waals surface area contributed by atoms with Crippen molar-refractivity contribution >= 4 is 5.91 Å². The highest BCUT2D eigenvalue weighted by atomic mass is 16.3. The lowest BCUT2D eigenvalue weighted by atomic mass is 10.0. The maximum Gasteiger partial charge on any atom is 0.248 e. The second kappa shape index (κ2) is 18.8. The summed E-state index contributed by atoms with van der Waals surface area (Å²) in [7, 11) is 0. The average molecular weight is 342 g/mol. The van der Waals surface area contributed by atoms with Gasteiger partial charge in [-0.05, 0) is 13.3 Å². The number of rotatable bonds is 18. The van der Waals surface area contributed by atoms with E-state index in [4.69, 9.17) is 5.11 Å². The Morgan fingerprint density at radius 1 is 0.708 bits per heavy atom. The Morgan fingerprint density at radius 2 is 1.04 bits per heavy atom. The van der Waals surface area contributed by atoms with Gasteiger partial charge in [0, 0.05) is 6.54 Å². The van der Waals surface area contributed by atoms with Crippen molar-refractivity contribution in [2.45, 2.75) is 123 Å². The molecule has 0 aliphatic rings. The molecule has 0 aromatic rings. The zero-order valence-corrected chi connectivity index (χ0v) is 16.5. The van der Waals surface area contributed by atoms with Gasteiger partial charge in [-0.25, -0.2) is 0 Å². The highest BCUT2D eigenvalue weighted by Gasteiger charge is 2.06. The summed E-state index contributed by atoms with van der Waals surface area (Å²) in [5.41, 5.74) is 0. The minimum absolute atomic E-state index is 0.254. The Labute approximate surface area is 151 Å². The maximum atomic E-state index is 11.1. The summed E-state index contributed by atoms with van der Waals surface area (Å²) >= 11 is 0. The number of hydrogen-bond donors (Lipinski definition) is 2. The van der Waals surface area contributed by atoms with Crippen LogP contribution in [0.25, 0.3) is 0 Å². The van der Waals surface area contributed by atoms with Crippen molar-refractivity contribution in [2.75, 3.05) is 6.54 Å². The summed E-state index contributed by atoms with van der Waals surface area (Å²) in [5.74, 6) is -0.254. The molecule has 0 spiro atoms. The summed E-state index contributed by atoms with van der Waals surface area (Å²) in [6, 6.07) is 0. The molecule has 0 saturated carbocycles. The minimum atomic E-state index is -0.883. The monoisotopic (exact) mass is 341 g/mol. The molecule has 0 fully saturated rings. The number of unbranched alkanes of at least 4 members (excludes halogenated alkanes) is 15. The van der Waals surface area contributed by atoms with Gasteiger partial charge in [-0.1, -0.05) is 103 Å². The van der Waals surface area contributed by atoms with Crippen molar-refractivity contribution in [3.8, 4) is 0 Å². The maximum absolute atomic E-state index is 11.1. The van der Waals surface area contributed by atoms with Gasteiger partial charge >= 0.3 is 0 Å². The molecular weight excluding hydrogens is 298 g/mol. The van der Waals surface area contributed by atoms with Crippen LogP contribution in [0.5, 0.6) is 0 Å². The van der Waals surface area contributed by atoms with Crippen LogP contribution in [0.2, 0.25) is 0 Å². The SMILES string of the molecule is CCCCCCCCCCCCCCCCCCNC(=O)[C@@H](C)O. The summed E-state index contributed by atoms with van der Waals surface area (Å²) in [5, 5.41) is 11.8. The molecule has 0 bridgehead atoms. The fraction of sp³-hybridized carbons (Fsp3) is 0.952. The zero-order valence-electron chi connectivity index (χ0n) is 16.5. The molecule has 3 nitrogen and oxygen atoms in total. The summed E-state index contributed by atoms with van der Waals surface area (Å²) in [6.45, 7) is 4.48. The van der Waals surface area contributed by atoms with Crippen LogP contribution < -0.4 is 5.32 Å². The second-order valence-electron chi connectivity index (χ2n) is 7.27. The molecule has 0 aromatic carbocycles. The van der Waals surface area contributed by atoms with Crippen molar-refractivity contribution in [3.63, 3.8) is 0 Å². The van der Waals surface area contributed by atoms with E-state index in [1.54, 1.807) is 0 Å². The predicted octanol–water partition coefficient (Wildman–Crippen LogP) is 5.74. The van der Waals surface area contributed by atoms with Crippen LogP contribution in [0.1, 0.15) is 117 Å². The first-order valence-corrected chi connectivity index (χ1v) is 10.6. The van der Waals surface area contributed by atoms with Gasteiger partial charge in [0.2, 0.25) is 5.91 Å². The average Bonchev–Trinajstić information content (AvgIpc) is 2.57. The van der Waals surface area contributed by atoms with E-state index in [0.717, 1.165) is 6.42 Å². The van der Waals surface area contributed by atoms with Gasteiger partial charge in [0.1, 0.15) is 6.10 Å². The van der Waals surface area contributed by atoms with Gasteiger partial charge in [-0.2, -0.15) is 0 Å². The number of carbonyl (C=O) groups is 1. The normalized spacial score (nSPS) is 12.3. The van der Waals surface area contributed by atoms with Gasteiger partial charge in [-0.15, -0.1) is 0 Å². The van der Waals surface area contributed by atoms with Gasteiger partial charge < -0.3 is 10.4 Å². The van der Waals surface area contributed by atoms with Crippen molar-refractivity contribution in [1.82, 2.24) is 5.32 Å². The van der Waals surface area contributed by atoms with E-state index in [1.165, 1.54) is 103 Å². The van der Waals surface area contributed by atoms with E-state index in [9.17, 15) is 4.79 Å². The number of amides is 1. The summed E-state index contributed by atoms with van der Waals surface area (Å²) in [6.07, 6.45) is 20.8. The molecule has 0 radical (unpaired) electrons. The van der Waals surface area contributed by atoms with E-state index in [1.807, 2.05) is 0 Å². The molecule has 0 heterocycles. The predicted molar refractivity (Wildman–Crippen MR) is 104 cm³/mol. The highest BCUT2D eigenvalue weighted by molar-refractivity contribution is 5.79. The van der Waals surface area contributed by atoms with Crippen LogP contribution in [0.4, 0.5) is 0 Å². The van der Waals surface area contributed by atoms with Gasteiger partial charge in [0.05, 0.1) is 0 Å². The van der Waals surface area contributed by atoms with E-state index in [0.29, 0.717) is 6.54 Å². The third-order valence-electron chi connectivity index (χ3n) is 4.71. The Morgan fingerprint density at radius 3 is 1.38 bits per heavy atom. The van der Waals surface area contributed by atoms with Crippen molar-refractivity contribution in [3.05, 3.63) is 0 Å². The van der Waals surface area contributed by atoms with Gasteiger partial charge in [0.25, 0.3) is 0 Å². The highest BCUT2D eigenvalue weighted by Crippen LogP contribution is 2.13. The number of nitrogens with one attached hydrogen (secondary N) is 1. The Hall–Kier alpha value is -0.570. The van der Waals surface area contributed by atoms with Gasteiger partial charge in [0.15, 0.2) is 0 Å². The standard InChI is InChI=1S/C21H43NO2/c1-3-4-5-6-7-8-9-10-11-12-13-14-15-16-17-18-19-22-21(24)20(2)23/h20,23H,3-19H2,1-2H3,(H,22,24)/t20-/m1/s1. The van der Waals surface area contributed by atoms with Crippen LogP contribution in [-0.2, 0) is 4.79 Å².